The highest BCUT2D eigenvalue weighted by molar-refractivity contribution is 7.11. The molecule has 3 aromatic rings. The SMILES string of the molecule is C=C(C)c1nc(NC(=C)c2cc3ccc(F)cc3nc2N2CCCC(F)(F)CC2)cs1. The number of thiazole rings is 1. The molecule has 0 amide bonds. The van der Waals surface area contributed by atoms with Crippen molar-refractivity contribution >= 4 is 45.1 Å². The predicted octanol–water partition coefficient (Wildman–Crippen LogP) is 6.57. The molecule has 0 atom stereocenters. The lowest BCUT2D eigenvalue weighted by atomic mass is 10.1. The Labute approximate surface area is 183 Å². The lowest BCUT2D eigenvalue weighted by Crippen LogP contribution is -2.28. The molecule has 0 radical (unpaired) electrons. The zero-order chi connectivity index (χ0) is 22.2. The van der Waals surface area contributed by atoms with Crippen LogP contribution in [0.2, 0.25) is 0 Å². The van der Waals surface area contributed by atoms with Crippen molar-refractivity contribution in [1.29, 1.82) is 0 Å². The molecule has 31 heavy (non-hydrogen) atoms. The summed E-state index contributed by atoms with van der Waals surface area (Å²) in [5.74, 6) is -1.94. The van der Waals surface area contributed by atoms with Crippen LogP contribution < -0.4 is 10.2 Å². The third-order valence-electron chi connectivity index (χ3n) is 5.25. The van der Waals surface area contributed by atoms with Gasteiger partial charge in [-0.25, -0.2) is 23.1 Å². The third kappa shape index (κ3) is 4.74. The second-order valence-corrected chi connectivity index (χ2v) is 8.67. The first-order valence-corrected chi connectivity index (χ1v) is 10.9. The lowest BCUT2D eigenvalue weighted by molar-refractivity contribution is -0.0102. The average Bonchev–Trinajstić information content (AvgIpc) is 3.10. The topological polar surface area (TPSA) is 41.1 Å². The molecule has 0 bridgehead atoms. The maximum atomic E-state index is 13.9. The number of hydrogen-bond donors (Lipinski definition) is 1. The van der Waals surface area contributed by atoms with Gasteiger partial charge in [-0.15, -0.1) is 11.3 Å². The molecule has 0 saturated carbocycles. The molecule has 0 aliphatic carbocycles. The van der Waals surface area contributed by atoms with Crippen molar-refractivity contribution in [1.82, 2.24) is 9.97 Å². The van der Waals surface area contributed by atoms with E-state index in [1.165, 1.54) is 23.5 Å². The summed E-state index contributed by atoms with van der Waals surface area (Å²) in [5.41, 5.74) is 2.56. The quantitative estimate of drug-likeness (QED) is 0.483. The van der Waals surface area contributed by atoms with Gasteiger partial charge in [0.1, 0.15) is 22.5 Å². The van der Waals surface area contributed by atoms with Crippen LogP contribution in [0, 0.1) is 5.82 Å². The molecule has 1 fully saturated rings. The summed E-state index contributed by atoms with van der Waals surface area (Å²) in [7, 11) is 0. The summed E-state index contributed by atoms with van der Waals surface area (Å²) in [5, 5.41) is 6.62. The Morgan fingerprint density at radius 3 is 2.71 bits per heavy atom. The van der Waals surface area contributed by atoms with Gasteiger partial charge in [-0.2, -0.15) is 0 Å². The highest BCUT2D eigenvalue weighted by Gasteiger charge is 2.32. The van der Waals surface area contributed by atoms with Gasteiger partial charge < -0.3 is 10.2 Å². The van der Waals surface area contributed by atoms with E-state index in [1.807, 2.05) is 23.3 Å². The molecule has 4 nitrogen and oxygen atoms in total. The van der Waals surface area contributed by atoms with Gasteiger partial charge in [0.25, 0.3) is 0 Å². The van der Waals surface area contributed by atoms with E-state index in [-0.39, 0.29) is 19.4 Å². The molecule has 4 rings (SSSR count). The molecule has 0 unspecified atom stereocenters. The fourth-order valence-corrected chi connectivity index (χ4v) is 4.31. The average molecular weight is 445 g/mol. The van der Waals surface area contributed by atoms with E-state index >= 15 is 0 Å². The number of alkyl halides is 2. The number of fused-ring (bicyclic) bond motifs is 1. The third-order valence-corrected chi connectivity index (χ3v) is 6.25. The maximum absolute atomic E-state index is 13.9. The first-order chi connectivity index (χ1) is 14.7. The summed E-state index contributed by atoms with van der Waals surface area (Å²) >= 11 is 1.47. The van der Waals surface area contributed by atoms with Crippen LogP contribution in [0.25, 0.3) is 22.2 Å². The van der Waals surface area contributed by atoms with Gasteiger partial charge in [-0.1, -0.05) is 13.2 Å². The summed E-state index contributed by atoms with van der Waals surface area (Å²) in [6.45, 7) is 10.5. The van der Waals surface area contributed by atoms with Crippen LogP contribution in [0.3, 0.4) is 0 Å². The number of nitrogens with zero attached hydrogens (tertiary/aromatic N) is 3. The van der Waals surface area contributed by atoms with Crippen molar-refractivity contribution in [2.24, 2.45) is 0 Å². The Hall–Kier alpha value is -2.87. The Bertz CT molecular complexity index is 1150. The number of nitrogens with one attached hydrogen (secondary N) is 1. The van der Waals surface area contributed by atoms with E-state index in [0.717, 1.165) is 16.0 Å². The fourth-order valence-electron chi connectivity index (χ4n) is 3.62. The maximum Gasteiger partial charge on any atom is 0.249 e. The largest absolute Gasteiger partial charge is 0.356 e. The molecule has 8 heteroatoms. The van der Waals surface area contributed by atoms with E-state index in [1.54, 1.807) is 6.07 Å². The summed E-state index contributed by atoms with van der Waals surface area (Å²) < 4.78 is 41.7. The van der Waals surface area contributed by atoms with Gasteiger partial charge in [0.05, 0.1) is 5.52 Å². The molecule has 1 N–H and O–H groups in total. The van der Waals surface area contributed by atoms with Crippen molar-refractivity contribution in [3.05, 3.63) is 59.2 Å². The van der Waals surface area contributed by atoms with Crippen LogP contribution in [0.4, 0.5) is 24.8 Å². The van der Waals surface area contributed by atoms with E-state index in [2.05, 4.69) is 28.4 Å². The monoisotopic (exact) mass is 444 g/mol. The second-order valence-electron chi connectivity index (χ2n) is 7.81. The number of benzene rings is 1. The van der Waals surface area contributed by atoms with Crippen LogP contribution in [0.1, 0.15) is 36.8 Å². The zero-order valence-electron chi connectivity index (χ0n) is 17.2. The van der Waals surface area contributed by atoms with Gasteiger partial charge >= 0.3 is 0 Å². The summed E-state index contributed by atoms with van der Waals surface area (Å²) in [4.78, 5) is 11.0. The minimum Gasteiger partial charge on any atom is -0.356 e. The number of halogens is 3. The molecule has 2 aromatic heterocycles. The molecule has 1 aliphatic rings. The van der Waals surface area contributed by atoms with Gasteiger partial charge in [-0.05, 0) is 37.1 Å². The van der Waals surface area contributed by atoms with E-state index in [0.29, 0.717) is 41.4 Å². The van der Waals surface area contributed by atoms with Gasteiger partial charge in [0, 0.05) is 54.0 Å². The highest BCUT2D eigenvalue weighted by atomic mass is 32.1. The van der Waals surface area contributed by atoms with Crippen LogP contribution in [-0.2, 0) is 0 Å². The zero-order valence-corrected chi connectivity index (χ0v) is 18.0. The van der Waals surface area contributed by atoms with Crippen molar-refractivity contribution in [2.75, 3.05) is 23.3 Å². The minimum atomic E-state index is -2.69. The molecular formula is C23H23F3N4S. The van der Waals surface area contributed by atoms with Crippen LogP contribution >= 0.6 is 11.3 Å². The predicted molar refractivity (Wildman–Crippen MR) is 122 cm³/mol. The van der Waals surface area contributed by atoms with Crippen molar-refractivity contribution < 1.29 is 13.2 Å². The van der Waals surface area contributed by atoms with Crippen LogP contribution in [0.15, 0.2) is 42.8 Å². The Morgan fingerprint density at radius 2 is 1.97 bits per heavy atom. The number of rotatable bonds is 5. The standard InChI is InChI=1S/C23H23F3N4S/c1-14(2)22-29-20(13-31-22)27-15(3)18-11-16-5-6-17(24)12-19(16)28-21(18)30-9-4-7-23(25,26)8-10-30/h5-6,11-13,27H,1,3-4,7-10H2,2H3. The van der Waals surface area contributed by atoms with Crippen LogP contribution in [0.5, 0.6) is 0 Å². The number of pyridine rings is 1. The first kappa shape index (κ1) is 21.4. The van der Waals surface area contributed by atoms with E-state index in [4.69, 9.17) is 0 Å². The molecule has 3 heterocycles. The summed E-state index contributed by atoms with van der Waals surface area (Å²) in [6, 6.07) is 6.23. The van der Waals surface area contributed by atoms with Crippen molar-refractivity contribution in [3.8, 4) is 0 Å². The fraction of sp³-hybridized carbons (Fsp3) is 0.304. The molecule has 1 saturated heterocycles. The molecule has 0 spiro atoms. The van der Waals surface area contributed by atoms with Gasteiger partial charge in [-0.3, -0.25) is 0 Å². The number of aromatic nitrogens is 2. The molecule has 1 aliphatic heterocycles. The Morgan fingerprint density at radius 1 is 1.16 bits per heavy atom. The minimum absolute atomic E-state index is 0.150. The number of allylic oxidation sites excluding steroid dienone is 1. The van der Waals surface area contributed by atoms with Crippen molar-refractivity contribution in [3.63, 3.8) is 0 Å². The first-order valence-electron chi connectivity index (χ1n) is 10.0. The summed E-state index contributed by atoms with van der Waals surface area (Å²) in [6.07, 6.45) is -0.0463. The van der Waals surface area contributed by atoms with Crippen LogP contribution in [-0.4, -0.2) is 29.0 Å². The Kier molecular flexibility index (Phi) is 5.75. The Balaban J connectivity index is 1.72. The highest BCUT2D eigenvalue weighted by Crippen LogP contribution is 2.34. The van der Waals surface area contributed by atoms with E-state index < -0.39 is 11.7 Å². The smallest absolute Gasteiger partial charge is 0.249 e. The normalized spacial score (nSPS) is 16.2. The van der Waals surface area contributed by atoms with Gasteiger partial charge in [0.2, 0.25) is 5.92 Å². The van der Waals surface area contributed by atoms with E-state index in [9.17, 15) is 13.2 Å². The molecule has 1 aromatic carbocycles. The van der Waals surface area contributed by atoms with Gasteiger partial charge in [0.15, 0.2) is 0 Å². The molecular weight excluding hydrogens is 421 g/mol. The second kappa shape index (κ2) is 8.34. The molecule has 162 valence electrons. The van der Waals surface area contributed by atoms with Crippen molar-refractivity contribution in [2.45, 2.75) is 32.1 Å². The number of anilines is 2. The number of hydrogen-bond acceptors (Lipinski definition) is 5. The lowest BCUT2D eigenvalue weighted by Gasteiger charge is -2.25.